The van der Waals surface area contributed by atoms with Crippen LogP contribution in [0.15, 0.2) is 60.0 Å². The molecule has 1 atom stereocenters. The van der Waals surface area contributed by atoms with Crippen LogP contribution in [0.1, 0.15) is 12.5 Å². The van der Waals surface area contributed by atoms with Crippen molar-refractivity contribution in [3.05, 3.63) is 65.5 Å². The monoisotopic (exact) mass is 354 g/mol. The fraction of sp³-hybridized carbons (Fsp3) is 0.158. The first-order valence-corrected chi connectivity index (χ1v) is 8.68. The summed E-state index contributed by atoms with van der Waals surface area (Å²) in [5.74, 6) is 0.191. The third kappa shape index (κ3) is 4.58. The Kier molecular flexibility index (Phi) is 5.30. The van der Waals surface area contributed by atoms with Gasteiger partial charge >= 0.3 is 5.97 Å². The Morgan fingerprint density at radius 3 is 2.52 bits per heavy atom. The van der Waals surface area contributed by atoms with Gasteiger partial charge in [0.05, 0.1) is 5.69 Å². The number of carbonyl (C=O) groups excluding carboxylic acids is 1. The quantitative estimate of drug-likeness (QED) is 0.680. The highest BCUT2D eigenvalue weighted by molar-refractivity contribution is 7.13. The minimum Gasteiger partial charge on any atom is -0.479 e. The number of anilines is 1. The maximum Gasteiger partial charge on any atom is 0.347 e. The highest BCUT2D eigenvalue weighted by Gasteiger charge is 2.16. The molecule has 2 aromatic carbocycles. The molecule has 0 fully saturated rings. The van der Waals surface area contributed by atoms with Crippen LogP contribution in [-0.2, 0) is 16.1 Å². The molecule has 0 aliphatic rings. The largest absolute Gasteiger partial charge is 0.479 e. The number of esters is 1. The second-order valence-electron chi connectivity index (χ2n) is 5.45. The third-order valence-corrected chi connectivity index (χ3v) is 4.21. The van der Waals surface area contributed by atoms with Gasteiger partial charge in [0.2, 0.25) is 0 Å². The molecule has 6 heteroatoms. The van der Waals surface area contributed by atoms with Gasteiger partial charge in [0, 0.05) is 10.9 Å². The molecule has 128 valence electrons. The predicted molar refractivity (Wildman–Crippen MR) is 98.3 cm³/mol. The molecule has 3 rings (SSSR count). The standard InChI is InChI=1S/C19H18N2O3S/c1-13(18(22)23-11-14-5-3-2-4-6-14)24-16-9-7-15(8-10-16)17-12-25-19(20)21-17/h2-10,12-13H,11H2,1H3,(H2,20,21). The molecule has 1 unspecified atom stereocenters. The summed E-state index contributed by atoms with van der Waals surface area (Å²) in [7, 11) is 0. The van der Waals surface area contributed by atoms with E-state index < -0.39 is 12.1 Å². The van der Waals surface area contributed by atoms with Crippen molar-refractivity contribution in [2.75, 3.05) is 5.73 Å². The number of ether oxygens (including phenoxy) is 2. The van der Waals surface area contributed by atoms with Gasteiger partial charge in [0.25, 0.3) is 0 Å². The van der Waals surface area contributed by atoms with E-state index in [-0.39, 0.29) is 6.61 Å². The third-order valence-electron chi connectivity index (χ3n) is 3.54. The molecule has 0 aliphatic carbocycles. The van der Waals surface area contributed by atoms with Crippen LogP contribution in [0.4, 0.5) is 5.13 Å². The summed E-state index contributed by atoms with van der Waals surface area (Å²) >= 11 is 1.40. The number of aromatic nitrogens is 1. The highest BCUT2D eigenvalue weighted by atomic mass is 32.1. The van der Waals surface area contributed by atoms with Gasteiger partial charge in [-0.15, -0.1) is 11.3 Å². The summed E-state index contributed by atoms with van der Waals surface area (Å²) in [6.07, 6.45) is -0.690. The van der Waals surface area contributed by atoms with E-state index in [0.29, 0.717) is 10.9 Å². The average Bonchev–Trinajstić information content (AvgIpc) is 3.07. The van der Waals surface area contributed by atoms with Crippen molar-refractivity contribution in [2.45, 2.75) is 19.6 Å². The zero-order chi connectivity index (χ0) is 17.6. The fourth-order valence-corrected chi connectivity index (χ4v) is 2.79. The van der Waals surface area contributed by atoms with E-state index in [4.69, 9.17) is 15.2 Å². The first-order valence-electron chi connectivity index (χ1n) is 7.80. The molecule has 0 amide bonds. The van der Waals surface area contributed by atoms with Gasteiger partial charge in [-0.2, -0.15) is 0 Å². The lowest BCUT2D eigenvalue weighted by atomic mass is 10.2. The van der Waals surface area contributed by atoms with E-state index in [2.05, 4.69) is 4.98 Å². The normalized spacial score (nSPS) is 11.7. The lowest BCUT2D eigenvalue weighted by Crippen LogP contribution is -2.26. The highest BCUT2D eigenvalue weighted by Crippen LogP contribution is 2.25. The molecular formula is C19H18N2O3S. The number of thiazole rings is 1. The van der Waals surface area contributed by atoms with E-state index in [1.807, 2.05) is 47.8 Å². The lowest BCUT2D eigenvalue weighted by Gasteiger charge is -2.14. The number of nitrogens with zero attached hydrogens (tertiary/aromatic N) is 1. The Morgan fingerprint density at radius 2 is 1.88 bits per heavy atom. The van der Waals surface area contributed by atoms with Crippen LogP contribution in [0.2, 0.25) is 0 Å². The van der Waals surface area contributed by atoms with Gasteiger partial charge < -0.3 is 15.2 Å². The molecule has 1 aromatic heterocycles. The first-order chi connectivity index (χ1) is 12.1. The summed E-state index contributed by atoms with van der Waals surface area (Å²) in [6.45, 7) is 1.90. The number of hydrogen-bond donors (Lipinski definition) is 1. The molecule has 2 N–H and O–H groups in total. The first kappa shape index (κ1) is 17.0. The molecule has 0 bridgehead atoms. The van der Waals surface area contributed by atoms with Crippen LogP contribution < -0.4 is 10.5 Å². The predicted octanol–water partition coefficient (Wildman–Crippen LogP) is 3.90. The van der Waals surface area contributed by atoms with Gasteiger partial charge in [0.1, 0.15) is 12.4 Å². The number of benzene rings is 2. The van der Waals surface area contributed by atoms with E-state index in [1.165, 1.54) is 11.3 Å². The van der Waals surface area contributed by atoms with E-state index >= 15 is 0 Å². The van der Waals surface area contributed by atoms with E-state index in [1.54, 1.807) is 19.1 Å². The molecule has 0 spiro atoms. The summed E-state index contributed by atoms with van der Waals surface area (Å²) in [5, 5.41) is 2.43. The Hall–Kier alpha value is -2.86. The van der Waals surface area contributed by atoms with Gasteiger partial charge in [-0.3, -0.25) is 0 Å². The van der Waals surface area contributed by atoms with E-state index in [0.717, 1.165) is 16.8 Å². The Balaban J connectivity index is 1.55. The molecule has 25 heavy (non-hydrogen) atoms. The van der Waals surface area contributed by atoms with Crippen LogP contribution in [0.3, 0.4) is 0 Å². The second-order valence-corrected chi connectivity index (χ2v) is 6.34. The zero-order valence-electron chi connectivity index (χ0n) is 13.7. The van der Waals surface area contributed by atoms with Crippen LogP contribution in [0.5, 0.6) is 5.75 Å². The molecular weight excluding hydrogens is 336 g/mol. The average molecular weight is 354 g/mol. The van der Waals surface area contributed by atoms with Crippen LogP contribution >= 0.6 is 11.3 Å². The number of nitrogens with two attached hydrogens (primary N) is 1. The van der Waals surface area contributed by atoms with Crippen LogP contribution in [-0.4, -0.2) is 17.1 Å². The maximum absolute atomic E-state index is 12.0. The van der Waals surface area contributed by atoms with E-state index in [9.17, 15) is 4.79 Å². The number of hydrogen-bond acceptors (Lipinski definition) is 6. The summed E-state index contributed by atoms with van der Waals surface area (Å²) in [4.78, 5) is 16.3. The van der Waals surface area contributed by atoms with Gasteiger partial charge in [-0.25, -0.2) is 9.78 Å². The lowest BCUT2D eigenvalue weighted by molar-refractivity contribution is -0.152. The molecule has 0 saturated carbocycles. The Morgan fingerprint density at radius 1 is 1.16 bits per heavy atom. The number of nitrogen functional groups attached to an aromatic ring is 1. The smallest absolute Gasteiger partial charge is 0.347 e. The Labute approximate surface area is 150 Å². The summed E-state index contributed by atoms with van der Waals surface area (Å²) in [5.41, 5.74) is 8.35. The summed E-state index contributed by atoms with van der Waals surface area (Å²) in [6, 6.07) is 16.9. The van der Waals surface area contributed by atoms with Crippen LogP contribution in [0, 0.1) is 0 Å². The minimum absolute atomic E-state index is 0.234. The van der Waals surface area contributed by atoms with Crippen LogP contribution in [0.25, 0.3) is 11.3 Å². The molecule has 1 heterocycles. The Bertz CT molecular complexity index is 831. The number of rotatable bonds is 6. The molecule has 0 aliphatic heterocycles. The number of carbonyl (C=O) groups is 1. The van der Waals surface area contributed by atoms with Gasteiger partial charge in [-0.1, -0.05) is 30.3 Å². The van der Waals surface area contributed by atoms with Crippen molar-refractivity contribution in [1.82, 2.24) is 4.98 Å². The second kappa shape index (κ2) is 7.81. The van der Waals surface area contributed by atoms with Gasteiger partial charge in [-0.05, 0) is 36.8 Å². The fourth-order valence-electron chi connectivity index (χ4n) is 2.22. The topological polar surface area (TPSA) is 74.4 Å². The van der Waals surface area contributed by atoms with Crippen molar-refractivity contribution < 1.29 is 14.3 Å². The van der Waals surface area contributed by atoms with Crippen molar-refractivity contribution in [3.8, 4) is 17.0 Å². The van der Waals surface area contributed by atoms with Gasteiger partial charge in [0.15, 0.2) is 11.2 Å². The van der Waals surface area contributed by atoms with Crippen molar-refractivity contribution in [1.29, 1.82) is 0 Å². The molecule has 0 saturated heterocycles. The zero-order valence-corrected chi connectivity index (χ0v) is 14.5. The maximum atomic E-state index is 12.0. The van der Waals surface area contributed by atoms with Crippen molar-refractivity contribution in [3.63, 3.8) is 0 Å². The summed E-state index contributed by atoms with van der Waals surface area (Å²) < 4.78 is 10.9. The molecule has 5 nitrogen and oxygen atoms in total. The SMILES string of the molecule is CC(Oc1ccc(-c2csc(N)n2)cc1)C(=O)OCc1ccccc1. The molecule has 0 radical (unpaired) electrons. The van der Waals surface area contributed by atoms with Crippen molar-refractivity contribution >= 4 is 22.4 Å². The minimum atomic E-state index is -0.690. The van der Waals surface area contributed by atoms with Crippen molar-refractivity contribution in [2.24, 2.45) is 0 Å². The molecule has 3 aromatic rings.